The Morgan fingerprint density at radius 3 is 2.23 bits per heavy atom. The molecule has 0 N–H and O–H groups in total. The molecule has 0 aromatic rings. The highest BCUT2D eigenvalue weighted by Gasteiger charge is 2.21. The van der Waals surface area contributed by atoms with E-state index in [9.17, 15) is 0 Å². The first-order valence-electron chi connectivity index (χ1n) is 4.62. The van der Waals surface area contributed by atoms with Gasteiger partial charge in [0.2, 0.25) is 6.79 Å². The van der Waals surface area contributed by atoms with Crippen molar-refractivity contribution in [1.29, 1.82) is 0 Å². The summed E-state index contributed by atoms with van der Waals surface area (Å²) in [6, 6.07) is 0. The SMILES string of the molecule is CCC1(C)C=CC2=C(C=C1)OCO2. The Bertz CT molecular complexity index is 273. The summed E-state index contributed by atoms with van der Waals surface area (Å²) in [5, 5.41) is 0. The van der Waals surface area contributed by atoms with Gasteiger partial charge < -0.3 is 9.47 Å². The molecule has 1 heterocycles. The van der Waals surface area contributed by atoms with Crippen LogP contribution in [0.3, 0.4) is 0 Å². The van der Waals surface area contributed by atoms with Crippen molar-refractivity contribution in [1.82, 2.24) is 0 Å². The summed E-state index contributed by atoms with van der Waals surface area (Å²) in [6.45, 7) is 4.72. The van der Waals surface area contributed by atoms with Crippen LogP contribution in [0.1, 0.15) is 20.3 Å². The molecule has 0 aromatic carbocycles. The second-order valence-corrected chi connectivity index (χ2v) is 3.66. The molecule has 0 saturated heterocycles. The Morgan fingerprint density at radius 2 is 1.77 bits per heavy atom. The quantitative estimate of drug-likeness (QED) is 0.614. The average molecular weight is 178 g/mol. The lowest BCUT2D eigenvalue weighted by Crippen LogP contribution is -2.06. The number of allylic oxidation sites excluding steroid dienone is 4. The maximum Gasteiger partial charge on any atom is 0.231 e. The highest BCUT2D eigenvalue weighted by Crippen LogP contribution is 2.31. The van der Waals surface area contributed by atoms with Gasteiger partial charge in [0.05, 0.1) is 0 Å². The first-order valence-corrected chi connectivity index (χ1v) is 4.62. The monoisotopic (exact) mass is 178 g/mol. The fourth-order valence-electron chi connectivity index (χ4n) is 1.38. The van der Waals surface area contributed by atoms with Gasteiger partial charge in [-0.2, -0.15) is 0 Å². The molecular formula is C11H14O2. The lowest BCUT2D eigenvalue weighted by atomic mass is 9.87. The van der Waals surface area contributed by atoms with Crippen molar-refractivity contribution in [3.63, 3.8) is 0 Å². The summed E-state index contributed by atoms with van der Waals surface area (Å²) in [7, 11) is 0. The van der Waals surface area contributed by atoms with Gasteiger partial charge in [0.25, 0.3) is 0 Å². The fourth-order valence-corrected chi connectivity index (χ4v) is 1.38. The summed E-state index contributed by atoms with van der Waals surface area (Å²) < 4.78 is 10.6. The van der Waals surface area contributed by atoms with E-state index in [1.807, 2.05) is 12.2 Å². The third-order valence-corrected chi connectivity index (χ3v) is 2.66. The third-order valence-electron chi connectivity index (χ3n) is 2.66. The first kappa shape index (κ1) is 8.42. The van der Waals surface area contributed by atoms with Crippen molar-refractivity contribution in [3.8, 4) is 0 Å². The summed E-state index contributed by atoms with van der Waals surface area (Å²) in [4.78, 5) is 0. The molecule has 0 atom stereocenters. The van der Waals surface area contributed by atoms with Crippen molar-refractivity contribution in [2.45, 2.75) is 20.3 Å². The summed E-state index contributed by atoms with van der Waals surface area (Å²) in [6.07, 6.45) is 9.43. The Kier molecular flexibility index (Phi) is 1.91. The van der Waals surface area contributed by atoms with Crippen molar-refractivity contribution in [2.24, 2.45) is 5.41 Å². The minimum absolute atomic E-state index is 0.136. The molecule has 70 valence electrons. The smallest absolute Gasteiger partial charge is 0.231 e. The minimum Gasteiger partial charge on any atom is -0.454 e. The zero-order valence-electron chi connectivity index (χ0n) is 8.04. The van der Waals surface area contributed by atoms with Gasteiger partial charge in [-0.25, -0.2) is 0 Å². The zero-order valence-corrected chi connectivity index (χ0v) is 8.04. The summed E-state index contributed by atoms with van der Waals surface area (Å²) >= 11 is 0. The fraction of sp³-hybridized carbons (Fsp3) is 0.455. The van der Waals surface area contributed by atoms with E-state index in [4.69, 9.17) is 9.47 Å². The van der Waals surface area contributed by atoms with Crippen LogP contribution in [-0.4, -0.2) is 6.79 Å². The molecule has 1 aliphatic carbocycles. The lowest BCUT2D eigenvalue weighted by molar-refractivity contribution is 0.0774. The lowest BCUT2D eigenvalue weighted by Gasteiger charge is -2.18. The van der Waals surface area contributed by atoms with Crippen LogP contribution < -0.4 is 0 Å². The maximum absolute atomic E-state index is 5.29. The van der Waals surface area contributed by atoms with Crippen LogP contribution in [0.5, 0.6) is 0 Å². The number of hydrogen-bond donors (Lipinski definition) is 0. The van der Waals surface area contributed by atoms with E-state index < -0.39 is 0 Å². The Labute approximate surface area is 78.5 Å². The average Bonchev–Trinajstić information content (AvgIpc) is 2.54. The van der Waals surface area contributed by atoms with Crippen LogP contribution in [0.2, 0.25) is 0 Å². The van der Waals surface area contributed by atoms with E-state index in [1.165, 1.54) is 0 Å². The molecular weight excluding hydrogens is 164 g/mol. The van der Waals surface area contributed by atoms with E-state index in [2.05, 4.69) is 26.0 Å². The summed E-state index contributed by atoms with van der Waals surface area (Å²) in [5.41, 5.74) is 0.136. The molecule has 0 amide bonds. The van der Waals surface area contributed by atoms with E-state index in [-0.39, 0.29) is 5.41 Å². The van der Waals surface area contributed by atoms with E-state index in [0.29, 0.717) is 6.79 Å². The van der Waals surface area contributed by atoms with Crippen LogP contribution in [0, 0.1) is 5.41 Å². The van der Waals surface area contributed by atoms with Crippen LogP contribution in [0.25, 0.3) is 0 Å². The molecule has 2 nitrogen and oxygen atoms in total. The standard InChI is InChI=1S/C11H14O2/c1-3-11(2)6-4-9-10(5-7-11)13-8-12-9/h4-7H,3,8H2,1-2H3. The molecule has 0 aromatic heterocycles. The second kappa shape index (κ2) is 2.95. The Hall–Kier alpha value is -1.18. The molecule has 0 bridgehead atoms. The predicted molar refractivity (Wildman–Crippen MR) is 50.7 cm³/mol. The van der Waals surface area contributed by atoms with Crippen LogP contribution >= 0.6 is 0 Å². The van der Waals surface area contributed by atoms with Gasteiger partial charge in [0, 0.05) is 5.41 Å². The largest absolute Gasteiger partial charge is 0.454 e. The van der Waals surface area contributed by atoms with Crippen LogP contribution in [-0.2, 0) is 9.47 Å². The van der Waals surface area contributed by atoms with Gasteiger partial charge in [0.15, 0.2) is 11.5 Å². The normalized spacial score (nSPS) is 23.5. The molecule has 0 unspecified atom stereocenters. The highest BCUT2D eigenvalue weighted by atomic mass is 16.7. The molecule has 0 radical (unpaired) electrons. The molecule has 13 heavy (non-hydrogen) atoms. The number of ether oxygens (including phenoxy) is 2. The second-order valence-electron chi connectivity index (χ2n) is 3.66. The molecule has 0 fully saturated rings. The molecule has 2 rings (SSSR count). The number of rotatable bonds is 1. The van der Waals surface area contributed by atoms with Crippen LogP contribution in [0.15, 0.2) is 35.8 Å². The molecule has 2 aliphatic rings. The molecule has 2 heteroatoms. The van der Waals surface area contributed by atoms with Gasteiger partial charge >= 0.3 is 0 Å². The van der Waals surface area contributed by atoms with Gasteiger partial charge in [0.1, 0.15) is 0 Å². The highest BCUT2D eigenvalue weighted by molar-refractivity contribution is 5.33. The predicted octanol–water partition coefficient (Wildman–Crippen LogP) is 2.74. The van der Waals surface area contributed by atoms with E-state index in [1.54, 1.807) is 0 Å². The zero-order chi connectivity index (χ0) is 9.31. The van der Waals surface area contributed by atoms with Gasteiger partial charge in [-0.3, -0.25) is 0 Å². The van der Waals surface area contributed by atoms with Gasteiger partial charge in [-0.1, -0.05) is 26.0 Å². The van der Waals surface area contributed by atoms with Crippen molar-refractivity contribution < 1.29 is 9.47 Å². The van der Waals surface area contributed by atoms with Crippen LogP contribution in [0.4, 0.5) is 0 Å². The molecule has 0 spiro atoms. The van der Waals surface area contributed by atoms with E-state index in [0.717, 1.165) is 17.9 Å². The third kappa shape index (κ3) is 1.48. The molecule has 0 saturated carbocycles. The van der Waals surface area contributed by atoms with Gasteiger partial charge in [-0.15, -0.1) is 0 Å². The van der Waals surface area contributed by atoms with Crippen molar-refractivity contribution >= 4 is 0 Å². The van der Waals surface area contributed by atoms with Crippen molar-refractivity contribution in [3.05, 3.63) is 35.8 Å². The summed E-state index contributed by atoms with van der Waals surface area (Å²) in [5.74, 6) is 1.71. The number of hydrogen-bond acceptors (Lipinski definition) is 2. The maximum atomic E-state index is 5.29. The minimum atomic E-state index is 0.136. The molecule has 1 aliphatic heterocycles. The van der Waals surface area contributed by atoms with Gasteiger partial charge in [-0.05, 0) is 18.6 Å². The van der Waals surface area contributed by atoms with E-state index >= 15 is 0 Å². The van der Waals surface area contributed by atoms with Crippen molar-refractivity contribution in [2.75, 3.05) is 6.79 Å². The first-order chi connectivity index (χ1) is 6.23. The Morgan fingerprint density at radius 1 is 1.23 bits per heavy atom. The topological polar surface area (TPSA) is 18.5 Å². The Balaban J connectivity index is 2.29.